The average Bonchev–Trinajstić information content (AvgIpc) is 2.37. The van der Waals surface area contributed by atoms with Crippen LogP contribution in [0.4, 0.5) is 4.39 Å². The van der Waals surface area contributed by atoms with Gasteiger partial charge in [0.05, 0.1) is 7.11 Å². The number of carbonyl (C=O) groups excluding carboxylic acids is 2. The number of amides is 1. The molecule has 0 saturated carbocycles. The second-order valence-corrected chi connectivity index (χ2v) is 4.57. The van der Waals surface area contributed by atoms with Crippen molar-refractivity contribution in [1.29, 1.82) is 0 Å². The molecular formula is C14H18FNO3. The summed E-state index contributed by atoms with van der Waals surface area (Å²) in [5.41, 5.74) is 0.754. The Balaban J connectivity index is 2.99. The van der Waals surface area contributed by atoms with E-state index in [0.29, 0.717) is 11.1 Å². The van der Waals surface area contributed by atoms with Crippen LogP contribution < -0.4 is 0 Å². The van der Waals surface area contributed by atoms with Crippen molar-refractivity contribution in [3.05, 3.63) is 35.1 Å². The molecule has 19 heavy (non-hydrogen) atoms. The van der Waals surface area contributed by atoms with Gasteiger partial charge in [-0.05, 0) is 44.5 Å². The van der Waals surface area contributed by atoms with Crippen molar-refractivity contribution in [3.63, 3.8) is 0 Å². The molecule has 5 heteroatoms. The number of methoxy groups -OCH3 is 1. The zero-order valence-electron chi connectivity index (χ0n) is 11.6. The molecule has 1 amide bonds. The summed E-state index contributed by atoms with van der Waals surface area (Å²) in [4.78, 5) is 25.0. The Morgan fingerprint density at radius 3 is 2.47 bits per heavy atom. The molecule has 0 heterocycles. The third-order valence-electron chi connectivity index (χ3n) is 2.82. The van der Waals surface area contributed by atoms with Crippen LogP contribution in [0.1, 0.15) is 29.8 Å². The Morgan fingerprint density at radius 1 is 1.37 bits per heavy atom. The van der Waals surface area contributed by atoms with E-state index in [9.17, 15) is 14.0 Å². The minimum atomic E-state index is -0.485. The van der Waals surface area contributed by atoms with Crippen molar-refractivity contribution in [2.45, 2.75) is 26.8 Å². The predicted octanol–water partition coefficient (Wildman–Crippen LogP) is 2.16. The van der Waals surface area contributed by atoms with E-state index in [1.165, 1.54) is 30.2 Å². The number of benzene rings is 1. The molecule has 0 N–H and O–H groups in total. The molecule has 0 aliphatic heterocycles. The van der Waals surface area contributed by atoms with E-state index in [1.54, 1.807) is 20.8 Å². The molecular weight excluding hydrogens is 249 g/mol. The first kappa shape index (κ1) is 15.1. The summed E-state index contributed by atoms with van der Waals surface area (Å²) >= 11 is 0. The van der Waals surface area contributed by atoms with Crippen molar-refractivity contribution < 1.29 is 18.7 Å². The number of hydrogen-bond donors (Lipinski definition) is 0. The first-order valence-corrected chi connectivity index (χ1v) is 6.00. The fraction of sp³-hybridized carbons (Fsp3) is 0.429. The Kier molecular flexibility index (Phi) is 5.03. The highest BCUT2D eigenvalue weighted by Gasteiger charge is 2.22. The Morgan fingerprint density at radius 2 is 2.00 bits per heavy atom. The van der Waals surface area contributed by atoms with E-state index in [2.05, 4.69) is 4.74 Å². The molecule has 0 radical (unpaired) electrons. The summed E-state index contributed by atoms with van der Waals surface area (Å²) in [6.07, 6.45) is 0. The summed E-state index contributed by atoms with van der Waals surface area (Å²) in [7, 11) is 1.27. The molecule has 0 fully saturated rings. The first-order chi connectivity index (χ1) is 8.86. The maximum absolute atomic E-state index is 13.2. The summed E-state index contributed by atoms with van der Waals surface area (Å²) in [5.74, 6) is -1.16. The number of esters is 1. The fourth-order valence-corrected chi connectivity index (χ4v) is 1.64. The van der Waals surface area contributed by atoms with Gasteiger partial charge in [-0.3, -0.25) is 9.59 Å². The smallest absolute Gasteiger partial charge is 0.325 e. The molecule has 4 nitrogen and oxygen atoms in total. The molecule has 0 aliphatic carbocycles. The van der Waals surface area contributed by atoms with Gasteiger partial charge in [0.2, 0.25) is 0 Å². The Hall–Kier alpha value is -1.91. The SMILES string of the molecule is COC(=O)CN(C(=O)c1ccc(F)c(C)c1)C(C)C. The van der Waals surface area contributed by atoms with Crippen molar-refractivity contribution in [3.8, 4) is 0 Å². The average molecular weight is 267 g/mol. The van der Waals surface area contributed by atoms with Gasteiger partial charge < -0.3 is 9.64 Å². The summed E-state index contributed by atoms with van der Waals surface area (Å²) in [6.45, 7) is 5.07. The third-order valence-corrected chi connectivity index (χ3v) is 2.82. The highest BCUT2D eigenvalue weighted by Crippen LogP contribution is 2.13. The van der Waals surface area contributed by atoms with Crippen LogP contribution in [-0.2, 0) is 9.53 Å². The summed E-state index contributed by atoms with van der Waals surface area (Å²) in [5, 5.41) is 0. The highest BCUT2D eigenvalue weighted by atomic mass is 19.1. The first-order valence-electron chi connectivity index (χ1n) is 6.00. The van der Waals surface area contributed by atoms with Gasteiger partial charge in [0.1, 0.15) is 12.4 Å². The number of nitrogens with zero attached hydrogens (tertiary/aromatic N) is 1. The zero-order chi connectivity index (χ0) is 14.6. The van der Waals surface area contributed by atoms with Crippen molar-refractivity contribution >= 4 is 11.9 Å². The topological polar surface area (TPSA) is 46.6 Å². The number of carbonyl (C=O) groups is 2. The van der Waals surface area contributed by atoms with Crippen LogP contribution in [0.2, 0.25) is 0 Å². The lowest BCUT2D eigenvalue weighted by molar-refractivity contribution is -0.141. The number of halogens is 1. The monoisotopic (exact) mass is 267 g/mol. The van der Waals surface area contributed by atoms with Crippen LogP contribution in [0, 0.1) is 12.7 Å². The molecule has 0 bridgehead atoms. The molecule has 0 saturated heterocycles. The van der Waals surface area contributed by atoms with Crippen LogP contribution in [0.25, 0.3) is 0 Å². The Labute approximate surface area is 112 Å². The highest BCUT2D eigenvalue weighted by molar-refractivity contribution is 5.96. The molecule has 1 aromatic rings. The third kappa shape index (κ3) is 3.77. The van der Waals surface area contributed by atoms with Crippen LogP contribution in [0.15, 0.2) is 18.2 Å². The molecule has 1 aromatic carbocycles. The lowest BCUT2D eigenvalue weighted by atomic mass is 10.1. The van der Waals surface area contributed by atoms with E-state index in [0.717, 1.165) is 0 Å². The molecule has 0 aromatic heterocycles. The zero-order valence-corrected chi connectivity index (χ0v) is 11.6. The predicted molar refractivity (Wildman–Crippen MR) is 69.3 cm³/mol. The van der Waals surface area contributed by atoms with Crippen LogP contribution >= 0.6 is 0 Å². The van der Waals surface area contributed by atoms with Crippen LogP contribution in [0.3, 0.4) is 0 Å². The molecule has 104 valence electrons. The van der Waals surface area contributed by atoms with Gasteiger partial charge in [-0.25, -0.2) is 4.39 Å². The van der Waals surface area contributed by atoms with E-state index >= 15 is 0 Å². The van der Waals surface area contributed by atoms with Gasteiger partial charge in [0, 0.05) is 11.6 Å². The summed E-state index contributed by atoms with van der Waals surface area (Å²) in [6, 6.07) is 3.98. The van der Waals surface area contributed by atoms with Crippen molar-refractivity contribution in [1.82, 2.24) is 4.90 Å². The van der Waals surface area contributed by atoms with E-state index < -0.39 is 5.97 Å². The molecule has 1 rings (SSSR count). The second-order valence-electron chi connectivity index (χ2n) is 4.57. The van der Waals surface area contributed by atoms with Gasteiger partial charge in [0.25, 0.3) is 5.91 Å². The van der Waals surface area contributed by atoms with Crippen LogP contribution in [0.5, 0.6) is 0 Å². The minimum Gasteiger partial charge on any atom is -0.468 e. The normalized spacial score (nSPS) is 10.4. The quantitative estimate of drug-likeness (QED) is 0.785. The van der Waals surface area contributed by atoms with Gasteiger partial charge in [0.15, 0.2) is 0 Å². The van der Waals surface area contributed by atoms with Crippen LogP contribution in [-0.4, -0.2) is 36.5 Å². The minimum absolute atomic E-state index is 0.122. The lowest BCUT2D eigenvalue weighted by Gasteiger charge is -2.25. The molecule has 0 aliphatic rings. The van der Waals surface area contributed by atoms with Gasteiger partial charge in [-0.2, -0.15) is 0 Å². The summed E-state index contributed by atoms with van der Waals surface area (Å²) < 4.78 is 17.8. The fourth-order valence-electron chi connectivity index (χ4n) is 1.64. The van der Waals surface area contributed by atoms with E-state index in [-0.39, 0.29) is 24.3 Å². The molecule has 0 spiro atoms. The van der Waals surface area contributed by atoms with Crippen molar-refractivity contribution in [2.24, 2.45) is 0 Å². The largest absolute Gasteiger partial charge is 0.468 e. The second kappa shape index (κ2) is 6.31. The number of hydrogen-bond acceptors (Lipinski definition) is 3. The number of rotatable bonds is 4. The standard InChI is InChI=1S/C14H18FNO3/c1-9(2)16(8-13(17)19-4)14(18)11-5-6-12(15)10(3)7-11/h5-7,9H,8H2,1-4H3. The van der Waals surface area contributed by atoms with Gasteiger partial charge in [-0.1, -0.05) is 0 Å². The van der Waals surface area contributed by atoms with E-state index in [4.69, 9.17) is 0 Å². The molecule has 0 unspecified atom stereocenters. The van der Waals surface area contributed by atoms with Crippen molar-refractivity contribution in [2.75, 3.05) is 13.7 Å². The van der Waals surface area contributed by atoms with E-state index in [1.807, 2.05) is 0 Å². The van der Waals surface area contributed by atoms with Gasteiger partial charge in [-0.15, -0.1) is 0 Å². The Bertz CT molecular complexity index is 486. The number of aryl methyl sites for hydroxylation is 1. The maximum atomic E-state index is 13.2. The van der Waals surface area contributed by atoms with Gasteiger partial charge >= 0.3 is 5.97 Å². The maximum Gasteiger partial charge on any atom is 0.325 e. The lowest BCUT2D eigenvalue weighted by Crippen LogP contribution is -2.41. The number of ether oxygens (including phenoxy) is 1. The molecule has 0 atom stereocenters.